The maximum absolute atomic E-state index is 6.21. The lowest BCUT2D eigenvalue weighted by atomic mass is 9.97. The molecule has 0 saturated carbocycles. The second-order valence-electron chi connectivity index (χ2n) is 4.32. The van der Waals surface area contributed by atoms with Crippen LogP contribution >= 0.6 is 0 Å². The molecule has 2 rings (SSSR count). The lowest BCUT2D eigenvalue weighted by Crippen LogP contribution is -2.31. The van der Waals surface area contributed by atoms with Gasteiger partial charge in [-0.05, 0) is 37.8 Å². The van der Waals surface area contributed by atoms with E-state index in [-0.39, 0.29) is 12.1 Å². The van der Waals surface area contributed by atoms with Gasteiger partial charge in [0.15, 0.2) is 0 Å². The highest BCUT2D eigenvalue weighted by Gasteiger charge is 2.23. The molecule has 0 bridgehead atoms. The molecule has 1 saturated heterocycles. The minimum Gasteiger partial charge on any atom is -0.492 e. The van der Waals surface area contributed by atoms with Gasteiger partial charge in [0.2, 0.25) is 0 Å². The SMILES string of the molecule is CCOc1cncc(C(N)C2CCCCO2)c1. The van der Waals surface area contributed by atoms with E-state index in [1.165, 1.54) is 6.42 Å². The molecular formula is C13H20N2O2. The summed E-state index contributed by atoms with van der Waals surface area (Å²) in [7, 11) is 0. The fourth-order valence-corrected chi connectivity index (χ4v) is 2.13. The van der Waals surface area contributed by atoms with Crippen molar-refractivity contribution in [1.29, 1.82) is 0 Å². The number of pyridine rings is 1. The van der Waals surface area contributed by atoms with Crippen molar-refractivity contribution in [3.8, 4) is 5.75 Å². The second kappa shape index (κ2) is 5.98. The minimum atomic E-state index is -0.108. The molecule has 1 fully saturated rings. The van der Waals surface area contributed by atoms with Gasteiger partial charge < -0.3 is 15.2 Å². The van der Waals surface area contributed by atoms with Gasteiger partial charge >= 0.3 is 0 Å². The van der Waals surface area contributed by atoms with Crippen LogP contribution in [0.15, 0.2) is 18.5 Å². The molecule has 2 heterocycles. The van der Waals surface area contributed by atoms with Crippen LogP contribution in [-0.2, 0) is 4.74 Å². The van der Waals surface area contributed by atoms with Crippen molar-refractivity contribution < 1.29 is 9.47 Å². The molecule has 1 aliphatic heterocycles. The Morgan fingerprint density at radius 1 is 1.53 bits per heavy atom. The van der Waals surface area contributed by atoms with Crippen LogP contribution in [-0.4, -0.2) is 24.3 Å². The van der Waals surface area contributed by atoms with Crippen LogP contribution < -0.4 is 10.5 Å². The first kappa shape index (κ1) is 12.3. The van der Waals surface area contributed by atoms with Crippen molar-refractivity contribution in [3.05, 3.63) is 24.0 Å². The molecule has 2 unspecified atom stereocenters. The zero-order valence-electron chi connectivity index (χ0n) is 10.3. The summed E-state index contributed by atoms with van der Waals surface area (Å²) in [6.45, 7) is 3.41. The summed E-state index contributed by atoms with van der Waals surface area (Å²) in [5.74, 6) is 0.774. The fraction of sp³-hybridized carbons (Fsp3) is 0.615. The molecule has 4 nitrogen and oxygen atoms in total. The van der Waals surface area contributed by atoms with Gasteiger partial charge in [-0.2, -0.15) is 0 Å². The first-order chi connectivity index (χ1) is 8.31. The molecular weight excluding hydrogens is 216 g/mol. The second-order valence-corrected chi connectivity index (χ2v) is 4.32. The van der Waals surface area contributed by atoms with Crippen LogP contribution in [0.3, 0.4) is 0 Å². The lowest BCUT2D eigenvalue weighted by Gasteiger charge is -2.28. The average Bonchev–Trinajstić information content (AvgIpc) is 2.40. The summed E-state index contributed by atoms with van der Waals surface area (Å²) in [6, 6.07) is 1.85. The Morgan fingerprint density at radius 2 is 2.41 bits per heavy atom. The Hall–Kier alpha value is -1.13. The Bertz CT molecular complexity index is 351. The van der Waals surface area contributed by atoms with Gasteiger partial charge in [-0.25, -0.2) is 0 Å². The topological polar surface area (TPSA) is 57.4 Å². The van der Waals surface area contributed by atoms with E-state index < -0.39 is 0 Å². The molecule has 2 N–H and O–H groups in total. The van der Waals surface area contributed by atoms with Crippen LogP contribution in [0.1, 0.15) is 37.8 Å². The summed E-state index contributed by atoms with van der Waals surface area (Å²) in [4.78, 5) is 4.16. The molecule has 1 aliphatic rings. The van der Waals surface area contributed by atoms with Crippen molar-refractivity contribution in [2.45, 2.75) is 38.3 Å². The normalized spacial score (nSPS) is 22.1. The monoisotopic (exact) mass is 236 g/mol. The van der Waals surface area contributed by atoms with E-state index in [0.29, 0.717) is 6.61 Å². The fourth-order valence-electron chi connectivity index (χ4n) is 2.13. The molecule has 1 aromatic rings. The molecule has 1 aromatic heterocycles. The van der Waals surface area contributed by atoms with Gasteiger partial charge in [-0.15, -0.1) is 0 Å². The van der Waals surface area contributed by atoms with E-state index in [0.717, 1.165) is 30.8 Å². The Labute approximate surface area is 102 Å². The van der Waals surface area contributed by atoms with E-state index in [1.54, 1.807) is 12.4 Å². The smallest absolute Gasteiger partial charge is 0.137 e. The Kier molecular flexibility index (Phi) is 4.34. The molecule has 0 aromatic carbocycles. The maximum atomic E-state index is 6.21. The number of aromatic nitrogens is 1. The average molecular weight is 236 g/mol. The third-order valence-corrected chi connectivity index (χ3v) is 3.05. The zero-order valence-corrected chi connectivity index (χ0v) is 10.3. The van der Waals surface area contributed by atoms with Crippen LogP contribution in [0.4, 0.5) is 0 Å². The minimum absolute atomic E-state index is 0.108. The van der Waals surface area contributed by atoms with Crippen molar-refractivity contribution in [1.82, 2.24) is 4.98 Å². The van der Waals surface area contributed by atoms with E-state index in [1.807, 2.05) is 13.0 Å². The van der Waals surface area contributed by atoms with Gasteiger partial charge in [0.1, 0.15) is 5.75 Å². The third kappa shape index (κ3) is 3.17. The van der Waals surface area contributed by atoms with E-state index in [2.05, 4.69) is 4.98 Å². The molecule has 94 valence electrons. The van der Waals surface area contributed by atoms with Gasteiger partial charge in [-0.1, -0.05) is 0 Å². The molecule has 0 spiro atoms. The molecule has 4 heteroatoms. The van der Waals surface area contributed by atoms with E-state index in [4.69, 9.17) is 15.2 Å². The maximum Gasteiger partial charge on any atom is 0.137 e. The third-order valence-electron chi connectivity index (χ3n) is 3.05. The summed E-state index contributed by atoms with van der Waals surface area (Å²) in [5, 5.41) is 0. The van der Waals surface area contributed by atoms with Gasteiger partial charge in [0.05, 0.1) is 24.9 Å². The number of rotatable bonds is 4. The summed E-state index contributed by atoms with van der Waals surface area (Å²) in [5.41, 5.74) is 7.20. The largest absolute Gasteiger partial charge is 0.492 e. The van der Waals surface area contributed by atoms with Crippen LogP contribution in [0.2, 0.25) is 0 Å². The number of ether oxygens (including phenoxy) is 2. The number of nitrogens with zero attached hydrogens (tertiary/aromatic N) is 1. The molecule has 0 amide bonds. The van der Waals surface area contributed by atoms with Gasteiger partial charge in [0, 0.05) is 12.8 Å². The van der Waals surface area contributed by atoms with Crippen molar-refractivity contribution in [2.24, 2.45) is 5.73 Å². The molecule has 2 atom stereocenters. The van der Waals surface area contributed by atoms with E-state index in [9.17, 15) is 0 Å². The standard InChI is InChI=1S/C13H20N2O2/c1-2-16-11-7-10(8-15-9-11)13(14)12-5-3-4-6-17-12/h7-9,12-13H,2-6,14H2,1H3. The van der Waals surface area contributed by atoms with Gasteiger partial charge in [-0.3, -0.25) is 4.98 Å². The molecule has 0 radical (unpaired) electrons. The predicted molar refractivity (Wildman–Crippen MR) is 65.9 cm³/mol. The molecule has 0 aliphatic carbocycles. The highest BCUT2D eigenvalue weighted by Crippen LogP contribution is 2.25. The van der Waals surface area contributed by atoms with Crippen molar-refractivity contribution in [2.75, 3.05) is 13.2 Å². The highest BCUT2D eigenvalue weighted by atomic mass is 16.5. The van der Waals surface area contributed by atoms with Crippen molar-refractivity contribution >= 4 is 0 Å². The van der Waals surface area contributed by atoms with Crippen LogP contribution in [0, 0.1) is 0 Å². The van der Waals surface area contributed by atoms with Crippen LogP contribution in [0.5, 0.6) is 5.75 Å². The number of hydrogen-bond acceptors (Lipinski definition) is 4. The van der Waals surface area contributed by atoms with Crippen molar-refractivity contribution in [3.63, 3.8) is 0 Å². The zero-order chi connectivity index (χ0) is 12.1. The highest BCUT2D eigenvalue weighted by molar-refractivity contribution is 5.26. The predicted octanol–water partition coefficient (Wildman–Crippen LogP) is 2.05. The Balaban J connectivity index is 2.06. The summed E-state index contributed by atoms with van der Waals surface area (Å²) < 4.78 is 11.1. The summed E-state index contributed by atoms with van der Waals surface area (Å²) in [6.07, 6.45) is 6.98. The lowest BCUT2D eigenvalue weighted by molar-refractivity contribution is -0.0000811. The van der Waals surface area contributed by atoms with Gasteiger partial charge in [0.25, 0.3) is 0 Å². The quantitative estimate of drug-likeness (QED) is 0.869. The number of hydrogen-bond donors (Lipinski definition) is 1. The Morgan fingerprint density at radius 3 is 3.12 bits per heavy atom. The first-order valence-electron chi connectivity index (χ1n) is 6.26. The number of nitrogens with two attached hydrogens (primary N) is 1. The van der Waals surface area contributed by atoms with E-state index >= 15 is 0 Å². The summed E-state index contributed by atoms with van der Waals surface area (Å²) >= 11 is 0. The molecule has 17 heavy (non-hydrogen) atoms. The van der Waals surface area contributed by atoms with Crippen LogP contribution in [0.25, 0.3) is 0 Å². The first-order valence-corrected chi connectivity index (χ1v) is 6.26.